The second-order valence-electron chi connectivity index (χ2n) is 10.7. The van der Waals surface area contributed by atoms with E-state index in [1.807, 2.05) is 18.2 Å². The third-order valence-electron chi connectivity index (χ3n) is 9.62. The predicted molar refractivity (Wildman–Crippen MR) is 136 cm³/mol. The Bertz CT molecular complexity index is 1500. The van der Waals surface area contributed by atoms with E-state index in [4.69, 9.17) is 0 Å². The molecule has 0 heterocycles. The third-order valence-corrected chi connectivity index (χ3v) is 9.62. The number of allylic oxidation sites excluding steroid dienone is 4. The van der Waals surface area contributed by atoms with E-state index >= 15 is 0 Å². The van der Waals surface area contributed by atoms with E-state index in [9.17, 15) is 10.5 Å². The minimum atomic E-state index is -0.778. The van der Waals surface area contributed by atoms with E-state index in [0.717, 1.165) is 24.0 Å². The van der Waals surface area contributed by atoms with Gasteiger partial charge in [0.2, 0.25) is 0 Å². The highest BCUT2D eigenvalue weighted by molar-refractivity contribution is 5.73. The molecule has 35 heavy (non-hydrogen) atoms. The Morgan fingerprint density at radius 1 is 0.743 bits per heavy atom. The lowest BCUT2D eigenvalue weighted by Crippen LogP contribution is -2.66. The molecule has 0 amide bonds. The first-order valence-corrected chi connectivity index (χ1v) is 12.6. The van der Waals surface area contributed by atoms with Crippen LogP contribution in [0.2, 0.25) is 0 Å². The summed E-state index contributed by atoms with van der Waals surface area (Å²) in [6, 6.07) is 35.3. The van der Waals surface area contributed by atoms with Gasteiger partial charge in [-0.15, -0.1) is 0 Å². The first-order valence-electron chi connectivity index (χ1n) is 12.6. The predicted octanol–water partition coefficient (Wildman–Crippen LogP) is 7.09. The Kier molecular flexibility index (Phi) is 4.00. The van der Waals surface area contributed by atoms with Gasteiger partial charge in [0.25, 0.3) is 0 Å². The first kappa shape index (κ1) is 20.5. The molecule has 0 aromatic heterocycles. The minimum absolute atomic E-state index is 0.0350. The molecule has 0 bridgehead atoms. The number of rotatable bonds is 2. The second kappa shape index (κ2) is 6.84. The van der Waals surface area contributed by atoms with Gasteiger partial charge in [-0.25, -0.2) is 0 Å². The fraction of sp³-hybridized carbons (Fsp3) is 0.273. The highest BCUT2D eigenvalue weighted by Crippen LogP contribution is 2.80. The molecule has 2 nitrogen and oxygen atoms in total. The van der Waals surface area contributed by atoms with Crippen molar-refractivity contribution < 1.29 is 0 Å². The second-order valence-corrected chi connectivity index (χ2v) is 10.7. The van der Waals surface area contributed by atoms with Crippen LogP contribution in [0.5, 0.6) is 0 Å². The molecular weight excluding hydrogens is 424 g/mol. The van der Waals surface area contributed by atoms with E-state index in [0.29, 0.717) is 0 Å². The lowest BCUT2D eigenvalue weighted by Gasteiger charge is -2.67. The van der Waals surface area contributed by atoms with Crippen molar-refractivity contribution in [1.29, 1.82) is 10.5 Å². The molecule has 3 aromatic carbocycles. The zero-order chi connectivity index (χ0) is 23.8. The van der Waals surface area contributed by atoms with Gasteiger partial charge in [-0.05, 0) is 46.6 Å². The van der Waals surface area contributed by atoms with Crippen LogP contribution in [0.3, 0.4) is 0 Å². The molecule has 1 saturated carbocycles. The number of hydrogen-bond acceptors (Lipinski definition) is 2. The monoisotopic (exact) mass is 450 g/mol. The summed E-state index contributed by atoms with van der Waals surface area (Å²) in [7, 11) is 0. The van der Waals surface area contributed by atoms with Gasteiger partial charge < -0.3 is 0 Å². The fourth-order valence-electron chi connectivity index (χ4n) is 8.22. The molecule has 2 heteroatoms. The molecule has 0 saturated heterocycles. The normalized spacial score (nSPS) is 35.7. The zero-order valence-corrected chi connectivity index (χ0v) is 19.8. The molecule has 1 fully saturated rings. The summed E-state index contributed by atoms with van der Waals surface area (Å²) in [5, 5.41) is 22.1. The van der Waals surface area contributed by atoms with Crippen molar-refractivity contribution in [2.45, 2.75) is 42.4 Å². The number of fused-ring (bicyclic) bond motifs is 3. The van der Waals surface area contributed by atoms with Crippen LogP contribution < -0.4 is 0 Å². The van der Waals surface area contributed by atoms with Gasteiger partial charge in [0.15, 0.2) is 0 Å². The van der Waals surface area contributed by atoms with Crippen LogP contribution in [0.4, 0.5) is 0 Å². The third kappa shape index (κ3) is 2.16. The number of hydrogen-bond donors (Lipinski definition) is 0. The molecule has 7 rings (SSSR count). The van der Waals surface area contributed by atoms with Crippen LogP contribution in [0.1, 0.15) is 53.9 Å². The first-order chi connectivity index (χ1) is 17.1. The van der Waals surface area contributed by atoms with Gasteiger partial charge in [0, 0.05) is 17.3 Å². The number of nitrogens with zero attached hydrogens (tertiary/aromatic N) is 2. The molecular formula is C33H26N2. The molecule has 0 aliphatic heterocycles. The average molecular weight is 451 g/mol. The van der Waals surface area contributed by atoms with E-state index in [-0.39, 0.29) is 17.8 Å². The van der Waals surface area contributed by atoms with Gasteiger partial charge in [-0.1, -0.05) is 110 Å². The Balaban J connectivity index is 1.61. The van der Waals surface area contributed by atoms with Crippen molar-refractivity contribution in [3.05, 3.63) is 130 Å². The average Bonchev–Trinajstić information content (AvgIpc) is 3.27. The van der Waals surface area contributed by atoms with E-state index < -0.39 is 16.2 Å². The molecule has 0 N–H and O–H groups in total. The summed E-state index contributed by atoms with van der Waals surface area (Å²) in [5.74, 6) is 0.469. The van der Waals surface area contributed by atoms with Gasteiger partial charge in [-0.2, -0.15) is 10.5 Å². The molecule has 0 radical (unpaired) electrons. The SMILES string of the molecule is C[C@@H]1C=C[C@@]23C4=C1C[C@@H](c1ccccc1)[C@@]4(C#N)c1ccccc1[C@]2(C#N)C[C@H]3c1ccccc1. The topological polar surface area (TPSA) is 47.6 Å². The lowest BCUT2D eigenvalue weighted by molar-refractivity contribution is 0.0594. The Morgan fingerprint density at radius 3 is 1.97 bits per heavy atom. The molecule has 6 atom stereocenters. The van der Waals surface area contributed by atoms with Gasteiger partial charge in [0.1, 0.15) is 5.41 Å². The van der Waals surface area contributed by atoms with E-state index in [1.54, 1.807) is 0 Å². The van der Waals surface area contributed by atoms with Crippen LogP contribution in [0.15, 0.2) is 108 Å². The summed E-state index contributed by atoms with van der Waals surface area (Å²) >= 11 is 0. The number of nitriles is 2. The molecule has 4 aliphatic rings. The summed E-state index contributed by atoms with van der Waals surface area (Å²) in [5.41, 5.74) is 5.24. The zero-order valence-electron chi connectivity index (χ0n) is 19.8. The van der Waals surface area contributed by atoms with Crippen molar-refractivity contribution >= 4 is 0 Å². The van der Waals surface area contributed by atoms with Crippen molar-refractivity contribution in [2.24, 2.45) is 11.3 Å². The summed E-state index contributed by atoms with van der Waals surface area (Å²) in [4.78, 5) is 0. The smallest absolute Gasteiger partial charge is 0.112 e. The van der Waals surface area contributed by atoms with Crippen molar-refractivity contribution in [1.82, 2.24) is 0 Å². The van der Waals surface area contributed by atoms with Crippen LogP contribution in [-0.4, -0.2) is 0 Å². The van der Waals surface area contributed by atoms with Gasteiger partial charge >= 0.3 is 0 Å². The number of benzene rings is 3. The largest absolute Gasteiger partial charge is 0.197 e. The summed E-state index contributed by atoms with van der Waals surface area (Å²) in [6.07, 6.45) is 6.30. The Hall–Kier alpha value is -3.88. The van der Waals surface area contributed by atoms with Gasteiger partial charge in [0.05, 0.1) is 17.6 Å². The maximum atomic E-state index is 11.2. The lowest BCUT2D eigenvalue weighted by atomic mass is 9.32. The maximum absolute atomic E-state index is 11.2. The van der Waals surface area contributed by atoms with Crippen LogP contribution in [0.25, 0.3) is 0 Å². The minimum Gasteiger partial charge on any atom is -0.197 e. The summed E-state index contributed by atoms with van der Waals surface area (Å²) < 4.78 is 0. The highest BCUT2D eigenvalue weighted by Gasteiger charge is 2.77. The molecule has 4 aliphatic carbocycles. The van der Waals surface area contributed by atoms with E-state index in [2.05, 4.69) is 97.9 Å². The molecule has 1 spiro atoms. The van der Waals surface area contributed by atoms with Crippen molar-refractivity contribution in [2.75, 3.05) is 0 Å². The molecule has 0 unspecified atom stereocenters. The van der Waals surface area contributed by atoms with Crippen molar-refractivity contribution in [3.63, 3.8) is 0 Å². The quantitative estimate of drug-likeness (QED) is 0.391. The van der Waals surface area contributed by atoms with Crippen LogP contribution >= 0.6 is 0 Å². The maximum Gasteiger partial charge on any atom is 0.112 e. The summed E-state index contributed by atoms with van der Waals surface area (Å²) in [6.45, 7) is 2.26. The highest BCUT2D eigenvalue weighted by atomic mass is 14.8. The van der Waals surface area contributed by atoms with Crippen molar-refractivity contribution in [3.8, 4) is 12.1 Å². The van der Waals surface area contributed by atoms with Gasteiger partial charge in [-0.3, -0.25) is 0 Å². The fourth-order valence-corrected chi connectivity index (χ4v) is 8.22. The molecule has 3 aromatic rings. The van der Waals surface area contributed by atoms with E-state index in [1.165, 1.54) is 22.3 Å². The molecule has 168 valence electrons. The Morgan fingerprint density at radius 2 is 1.34 bits per heavy atom. The van der Waals surface area contributed by atoms with Crippen LogP contribution in [-0.2, 0) is 10.8 Å². The Labute approximate surface area is 206 Å². The van der Waals surface area contributed by atoms with Crippen LogP contribution in [0, 0.1) is 34.0 Å². The standard InChI is InChI=1S/C33H26N2/c1-22-16-17-33-29(24-12-6-3-7-13-24)19-31(33,20-34)26-14-8-9-15-27(26)32(21-35)28(18-25(22)30(32)33)23-10-4-2-5-11-23/h2-17,22,28-29H,18-19H2,1H3/t22-,28+,29+,31-,32-,33-/m1/s1.